The molecule has 0 aliphatic carbocycles. The zero-order valence-corrected chi connectivity index (χ0v) is 21.9. The second-order valence-electron chi connectivity index (χ2n) is 8.33. The van der Waals surface area contributed by atoms with Gasteiger partial charge in [-0.1, -0.05) is 44.2 Å². The van der Waals surface area contributed by atoms with E-state index < -0.39 is 0 Å². The number of nitrogens with zero attached hydrogens (tertiary/aromatic N) is 2. The first-order chi connectivity index (χ1) is 17.0. The molecule has 1 heterocycles. The molecule has 7 nitrogen and oxygen atoms in total. The molecule has 8 heteroatoms. The van der Waals surface area contributed by atoms with Crippen molar-refractivity contribution < 1.29 is 9.47 Å². The van der Waals surface area contributed by atoms with Gasteiger partial charge in [-0.2, -0.15) is 0 Å². The van der Waals surface area contributed by atoms with Crippen LogP contribution in [-0.4, -0.2) is 66.8 Å². The minimum Gasteiger partial charge on any atom is -0.493 e. The Morgan fingerprint density at radius 1 is 1.00 bits per heavy atom. The zero-order valence-electron chi connectivity index (χ0n) is 21.1. The Balaban J connectivity index is 1.80. The summed E-state index contributed by atoms with van der Waals surface area (Å²) in [5.41, 5.74) is 2.48. The van der Waals surface area contributed by atoms with Crippen LogP contribution >= 0.6 is 12.2 Å². The lowest BCUT2D eigenvalue weighted by Gasteiger charge is -2.29. The van der Waals surface area contributed by atoms with Crippen molar-refractivity contribution in [1.29, 1.82) is 0 Å². The van der Waals surface area contributed by atoms with Crippen LogP contribution in [0, 0.1) is 0 Å². The van der Waals surface area contributed by atoms with Crippen LogP contribution in [0.4, 0.5) is 0 Å². The fraction of sp³-hybridized carbons (Fsp3) is 0.407. The number of pyridine rings is 1. The number of hydrogen-bond donors (Lipinski definition) is 2. The second kappa shape index (κ2) is 13.1. The summed E-state index contributed by atoms with van der Waals surface area (Å²) in [6.07, 6.45) is 0.878. The highest BCUT2D eigenvalue weighted by atomic mass is 32.1. The van der Waals surface area contributed by atoms with Gasteiger partial charge >= 0.3 is 0 Å². The number of aromatic nitrogens is 1. The highest BCUT2D eigenvalue weighted by Gasteiger charge is 2.15. The predicted molar refractivity (Wildman–Crippen MR) is 147 cm³/mol. The van der Waals surface area contributed by atoms with E-state index in [-0.39, 0.29) is 5.56 Å². The molecule has 2 aromatic carbocycles. The first-order valence-corrected chi connectivity index (χ1v) is 12.5. The van der Waals surface area contributed by atoms with Crippen LogP contribution in [0.2, 0.25) is 0 Å². The van der Waals surface area contributed by atoms with Gasteiger partial charge in [0, 0.05) is 36.7 Å². The van der Waals surface area contributed by atoms with Gasteiger partial charge in [0.25, 0.3) is 5.56 Å². The lowest BCUT2D eigenvalue weighted by molar-refractivity contribution is 0.263. The summed E-state index contributed by atoms with van der Waals surface area (Å²) in [7, 11) is 3.18. The molecule has 188 valence electrons. The van der Waals surface area contributed by atoms with Gasteiger partial charge in [0.15, 0.2) is 16.6 Å². The van der Waals surface area contributed by atoms with E-state index in [1.807, 2.05) is 30.3 Å². The maximum Gasteiger partial charge on any atom is 0.253 e. The van der Waals surface area contributed by atoms with Crippen molar-refractivity contribution >= 4 is 28.2 Å². The standard InChI is InChI=1S/C27H36N4O3S/c1-5-30(6-2)14-15-31(27(35)28-13-12-20-10-8-7-9-11-20)19-22-16-21-17-24(33-3)25(34-4)18-23(21)29-26(22)32/h7-11,16-18H,5-6,12-15,19H2,1-4H3,(H,28,35)(H,29,32). The molecule has 0 aliphatic heterocycles. The SMILES string of the molecule is CCN(CC)CCN(Cc1cc2cc(OC)c(OC)cc2[nH]c1=O)C(=S)NCCc1ccccc1. The normalized spacial score (nSPS) is 11.0. The van der Waals surface area contributed by atoms with E-state index in [0.717, 1.165) is 44.5 Å². The quantitative estimate of drug-likeness (QED) is 0.370. The molecule has 35 heavy (non-hydrogen) atoms. The van der Waals surface area contributed by atoms with Crippen LogP contribution in [0.3, 0.4) is 0 Å². The van der Waals surface area contributed by atoms with E-state index >= 15 is 0 Å². The van der Waals surface area contributed by atoms with Gasteiger partial charge in [-0.05, 0) is 49.4 Å². The predicted octanol–water partition coefficient (Wildman–Crippen LogP) is 3.81. The maximum absolute atomic E-state index is 13.0. The molecule has 0 saturated heterocycles. The average molecular weight is 497 g/mol. The summed E-state index contributed by atoms with van der Waals surface area (Å²) in [5.74, 6) is 1.20. The fourth-order valence-corrected chi connectivity index (χ4v) is 4.28. The monoisotopic (exact) mass is 496 g/mol. The topological polar surface area (TPSA) is 69.8 Å². The first kappa shape index (κ1) is 26.5. The number of benzene rings is 2. The van der Waals surface area contributed by atoms with Crippen molar-refractivity contribution in [2.24, 2.45) is 0 Å². The molecule has 1 aromatic heterocycles. The number of nitrogens with one attached hydrogen (secondary N) is 2. The molecule has 0 saturated carbocycles. The number of fused-ring (bicyclic) bond motifs is 1. The van der Waals surface area contributed by atoms with Crippen molar-refractivity contribution in [3.63, 3.8) is 0 Å². The zero-order chi connectivity index (χ0) is 25.2. The molecule has 0 unspecified atom stereocenters. The molecule has 3 rings (SSSR count). The number of aromatic amines is 1. The van der Waals surface area contributed by atoms with Crippen LogP contribution in [0.5, 0.6) is 11.5 Å². The highest BCUT2D eigenvalue weighted by Crippen LogP contribution is 2.31. The fourth-order valence-electron chi connectivity index (χ4n) is 4.03. The summed E-state index contributed by atoms with van der Waals surface area (Å²) in [6, 6.07) is 15.9. The van der Waals surface area contributed by atoms with Crippen molar-refractivity contribution in [3.05, 3.63) is 70.0 Å². The molecule has 3 aromatic rings. The molecule has 0 atom stereocenters. The van der Waals surface area contributed by atoms with Crippen LogP contribution in [0.25, 0.3) is 10.9 Å². The maximum atomic E-state index is 13.0. The summed E-state index contributed by atoms with van der Waals surface area (Å²) in [6.45, 7) is 8.98. The van der Waals surface area contributed by atoms with Gasteiger partial charge in [-0.3, -0.25) is 4.79 Å². The van der Waals surface area contributed by atoms with Gasteiger partial charge in [-0.15, -0.1) is 0 Å². The lowest BCUT2D eigenvalue weighted by Crippen LogP contribution is -2.44. The molecule has 0 bridgehead atoms. The molecule has 0 fully saturated rings. The number of H-pyrrole nitrogens is 1. The summed E-state index contributed by atoms with van der Waals surface area (Å²) >= 11 is 5.77. The van der Waals surface area contributed by atoms with E-state index in [2.05, 4.69) is 46.1 Å². The summed E-state index contributed by atoms with van der Waals surface area (Å²) in [4.78, 5) is 20.4. The number of thiocarbonyl (C=S) groups is 1. The minimum absolute atomic E-state index is 0.135. The smallest absolute Gasteiger partial charge is 0.253 e. The van der Waals surface area contributed by atoms with Gasteiger partial charge in [0.2, 0.25) is 0 Å². The lowest BCUT2D eigenvalue weighted by atomic mass is 10.1. The van der Waals surface area contributed by atoms with Crippen molar-refractivity contribution in [2.75, 3.05) is 46.9 Å². The third-order valence-corrected chi connectivity index (χ3v) is 6.59. The van der Waals surface area contributed by atoms with Crippen LogP contribution in [0.15, 0.2) is 53.3 Å². The van der Waals surface area contributed by atoms with Crippen LogP contribution < -0.4 is 20.3 Å². The second-order valence-corrected chi connectivity index (χ2v) is 8.72. The Hall–Kier alpha value is -3.10. The molecule has 0 amide bonds. The van der Waals surface area contributed by atoms with Crippen molar-refractivity contribution in [2.45, 2.75) is 26.8 Å². The molecule has 0 aliphatic rings. The van der Waals surface area contributed by atoms with Crippen LogP contribution in [0.1, 0.15) is 25.0 Å². The van der Waals surface area contributed by atoms with Crippen molar-refractivity contribution in [3.8, 4) is 11.5 Å². The minimum atomic E-state index is -0.135. The number of methoxy groups -OCH3 is 2. The van der Waals surface area contributed by atoms with Gasteiger partial charge < -0.3 is 29.6 Å². The summed E-state index contributed by atoms with van der Waals surface area (Å²) < 4.78 is 10.8. The van der Waals surface area contributed by atoms with E-state index in [1.54, 1.807) is 20.3 Å². The number of ether oxygens (including phenoxy) is 2. The Morgan fingerprint density at radius 3 is 2.34 bits per heavy atom. The third-order valence-electron chi connectivity index (χ3n) is 6.19. The van der Waals surface area contributed by atoms with Gasteiger partial charge in [0.1, 0.15) is 0 Å². The van der Waals surface area contributed by atoms with E-state index in [9.17, 15) is 4.79 Å². The number of hydrogen-bond acceptors (Lipinski definition) is 5. The molecule has 0 radical (unpaired) electrons. The van der Waals surface area contributed by atoms with E-state index in [1.165, 1.54) is 5.56 Å². The van der Waals surface area contributed by atoms with Gasteiger partial charge in [-0.25, -0.2) is 0 Å². The third kappa shape index (κ3) is 7.19. The van der Waals surface area contributed by atoms with E-state index in [0.29, 0.717) is 34.2 Å². The molecular weight excluding hydrogens is 460 g/mol. The summed E-state index contributed by atoms with van der Waals surface area (Å²) in [5, 5.41) is 4.92. The van der Waals surface area contributed by atoms with E-state index in [4.69, 9.17) is 21.7 Å². The average Bonchev–Trinajstić information content (AvgIpc) is 2.88. The molecule has 2 N–H and O–H groups in total. The highest BCUT2D eigenvalue weighted by molar-refractivity contribution is 7.80. The van der Waals surface area contributed by atoms with Crippen LogP contribution in [-0.2, 0) is 13.0 Å². The van der Waals surface area contributed by atoms with Gasteiger partial charge in [0.05, 0.1) is 26.3 Å². The Kier molecular flexibility index (Phi) is 9.93. The largest absolute Gasteiger partial charge is 0.493 e. The Bertz CT molecular complexity index is 1160. The first-order valence-electron chi connectivity index (χ1n) is 12.1. The number of rotatable bonds is 12. The molecular formula is C27H36N4O3S. The Morgan fingerprint density at radius 2 is 1.69 bits per heavy atom. The molecule has 0 spiro atoms. The number of likely N-dealkylation sites (N-methyl/N-ethyl adjacent to an activating group) is 1. The Labute approximate surface area is 213 Å². The van der Waals surface area contributed by atoms with Crippen molar-refractivity contribution in [1.82, 2.24) is 20.1 Å².